The van der Waals surface area contributed by atoms with E-state index in [-0.39, 0.29) is 0 Å². The van der Waals surface area contributed by atoms with E-state index in [2.05, 4.69) is 26.1 Å². The molecular weight excluding hydrogens is 334 g/mol. The van der Waals surface area contributed by atoms with Gasteiger partial charge in [-0.15, -0.1) is 0 Å². The minimum atomic E-state index is 0.315. The van der Waals surface area contributed by atoms with E-state index in [1.807, 2.05) is 36.4 Å². The first-order chi connectivity index (χ1) is 10.2. The zero-order chi connectivity index (χ0) is 14.8. The Morgan fingerprint density at radius 1 is 1.24 bits per heavy atom. The Labute approximate surface area is 129 Å². The van der Waals surface area contributed by atoms with Crippen LogP contribution in [-0.2, 0) is 0 Å². The van der Waals surface area contributed by atoms with E-state index in [9.17, 15) is 0 Å². The molecule has 3 aromatic rings. The summed E-state index contributed by atoms with van der Waals surface area (Å²) in [5.41, 5.74) is 8.17. The molecule has 0 amide bonds. The van der Waals surface area contributed by atoms with Crippen LogP contribution in [0.15, 0.2) is 51.6 Å². The van der Waals surface area contributed by atoms with Gasteiger partial charge in [0.2, 0.25) is 0 Å². The first kappa shape index (κ1) is 13.6. The molecule has 0 aliphatic carbocycles. The van der Waals surface area contributed by atoms with Crippen molar-refractivity contribution >= 4 is 21.7 Å². The molecule has 106 valence electrons. The molecule has 21 heavy (non-hydrogen) atoms. The average molecular weight is 346 g/mol. The molecule has 3 rings (SSSR count). The number of nitrogens with zero attached hydrogens (tertiary/aromatic N) is 2. The van der Waals surface area contributed by atoms with Gasteiger partial charge < -0.3 is 15.0 Å². The van der Waals surface area contributed by atoms with Crippen LogP contribution < -0.4 is 10.5 Å². The van der Waals surface area contributed by atoms with E-state index in [1.54, 1.807) is 13.3 Å². The van der Waals surface area contributed by atoms with Gasteiger partial charge in [0.15, 0.2) is 11.6 Å². The van der Waals surface area contributed by atoms with Gasteiger partial charge in [0.05, 0.1) is 22.8 Å². The first-order valence-electron chi connectivity index (χ1n) is 6.21. The van der Waals surface area contributed by atoms with Crippen molar-refractivity contribution in [2.75, 3.05) is 12.8 Å². The number of pyridine rings is 1. The number of nitrogens with two attached hydrogens (primary N) is 1. The highest BCUT2D eigenvalue weighted by molar-refractivity contribution is 9.10. The average Bonchev–Trinajstić information content (AvgIpc) is 2.90. The number of methoxy groups -OCH3 is 1. The van der Waals surface area contributed by atoms with Gasteiger partial charge in [-0.2, -0.15) is 0 Å². The molecule has 0 saturated carbocycles. The quantitative estimate of drug-likeness (QED) is 0.782. The fourth-order valence-corrected chi connectivity index (χ4v) is 2.61. The van der Waals surface area contributed by atoms with Crippen molar-refractivity contribution in [3.63, 3.8) is 0 Å². The van der Waals surface area contributed by atoms with Gasteiger partial charge >= 0.3 is 0 Å². The number of hydrogen-bond donors (Lipinski definition) is 1. The Morgan fingerprint density at radius 2 is 2.10 bits per heavy atom. The molecule has 0 fully saturated rings. The van der Waals surface area contributed by atoms with Gasteiger partial charge in [-0.1, -0.05) is 11.2 Å². The highest BCUT2D eigenvalue weighted by atomic mass is 79.9. The van der Waals surface area contributed by atoms with E-state index >= 15 is 0 Å². The summed E-state index contributed by atoms with van der Waals surface area (Å²) in [7, 11) is 1.62. The number of benzene rings is 1. The number of halogens is 1. The molecule has 6 heteroatoms. The van der Waals surface area contributed by atoms with Crippen LogP contribution in [0.2, 0.25) is 0 Å². The van der Waals surface area contributed by atoms with Crippen molar-refractivity contribution in [1.29, 1.82) is 0 Å². The summed E-state index contributed by atoms with van der Waals surface area (Å²) in [5, 5.41) is 3.86. The number of ether oxygens (including phenoxy) is 1. The van der Waals surface area contributed by atoms with Crippen LogP contribution in [0.1, 0.15) is 0 Å². The van der Waals surface area contributed by atoms with Crippen molar-refractivity contribution in [3.8, 4) is 28.3 Å². The SMILES string of the molecule is COc1ccc(-c2onc(N)c2-c2ccccn2)cc1Br. The summed E-state index contributed by atoms with van der Waals surface area (Å²) in [4.78, 5) is 4.31. The monoisotopic (exact) mass is 345 g/mol. The lowest BCUT2D eigenvalue weighted by atomic mass is 10.1. The van der Waals surface area contributed by atoms with E-state index < -0.39 is 0 Å². The Hall–Kier alpha value is -2.34. The van der Waals surface area contributed by atoms with Crippen LogP contribution in [0.4, 0.5) is 5.82 Å². The summed E-state index contributed by atoms with van der Waals surface area (Å²) in [5.74, 6) is 1.64. The standard InChI is InChI=1S/C15H12BrN3O2/c1-20-12-6-5-9(8-10(12)16)14-13(15(17)19-21-14)11-4-2-3-7-18-11/h2-8H,1H3,(H2,17,19). The van der Waals surface area contributed by atoms with Crippen molar-refractivity contribution < 1.29 is 9.26 Å². The van der Waals surface area contributed by atoms with Crippen LogP contribution in [-0.4, -0.2) is 17.3 Å². The molecule has 0 saturated heterocycles. The lowest BCUT2D eigenvalue weighted by Crippen LogP contribution is -1.91. The first-order valence-corrected chi connectivity index (χ1v) is 7.00. The molecule has 2 heterocycles. The van der Waals surface area contributed by atoms with Gasteiger partial charge in [0.25, 0.3) is 0 Å². The van der Waals surface area contributed by atoms with Gasteiger partial charge in [0, 0.05) is 11.8 Å². The smallest absolute Gasteiger partial charge is 0.178 e. The molecule has 0 unspecified atom stereocenters. The maximum absolute atomic E-state index is 5.92. The maximum atomic E-state index is 5.92. The Kier molecular flexibility index (Phi) is 3.62. The van der Waals surface area contributed by atoms with Crippen LogP contribution in [0.25, 0.3) is 22.6 Å². The molecule has 0 spiro atoms. The maximum Gasteiger partial charge on any atom is 0.178 e. The summed E-state index contributed by atoms with van der Waals surface area (Å²) >= 11 is 3.46. The number of nitrogen functional groups attached to an aromatic ring is 1. The summed E-state index contributed by atoms with van der Waals surface area (Å²) in [6.45, 7) is 0. The van der Waals surface area contributed by atoms with Crippen LogP contribution >= 0.6 is 15.9 Å². The molecular formula is C15H12BrN3O2. The molecule has 0 aliphatic rings. The van der Waals surface area contributed by atoms with Crippen LogP contribution in [0.5, 0.6) is 5.75 Å². The molecule has 0 radical (unpaired) electrons. The van der Waals surface area contributed by atoms with Crippen molar-refractivity contribution in [2.24, 2.45) is 0 Å². The predicted octanol–water partition coefficient (Wildman–Crippen LogP) is 3.76. The highest BCUT2D eigenvalue weighted by Gasteiger charge is 2.19. The zero-order valence-electron chi connectivity index (χ0n) is 11.2. The topological polar surface area (TPSA) is 74.2 Å². The highest BCUT2D eigenvalue weighted by Crippen LogP contribution is 2.38. The molecule has 0 bridgehead atoms. The van der Waals surface area contributed by atoms with Gasteiger partial charge in [0.1, 0.15) is 5.75 Å². The van der Waals surface area contributed by atoms with E-state index in [1.165, 1.54) is 0 Å². The lowest BCUT2D eigenvalue weighted by Gasteiger charge is -2.06. The molecule has 2 aromatic heterocycles. The largest absolute Gasteiger partial charge is 0.496 e. The fraction of sp³-hybridized carbons (Fsp3) is 0.0667. The third kappa shape index (κ3) is 2.50. The third-order valence-corrected chi connectivity index (χ3v) is 3.67. The van der Waals surface area contributed by atoms with Gasteiger partial charge in [-0.3, -0.25) is 4.98 Å². The number of hydrogen-bond acceptors (Lipinski definition) is 5. The number of anilines is 1. The summed E-state index contributed by atoms with van der Waals surface area (Å²) in [6.07, 6.45) is 1.70. The Morgan fingerprint density at radius 3 is 2.76 bits per heavy atom. The predicted molar refractivity (Wildman–Crippen MR) is 83.8 cm³/mol. The van der Waals surface area contributed by atoms with Crippen molar-refractivity contribution in [2.45, 2.75) is 0 Å². The third-order valence-electron chi connectivity index (χ3n) is 3.05. The van der Waals surface area contributed by atoms with Gasteiger partial charge in [-0.25, -0.2) is 0 Å². The molecule has 5 nitrogen and oxygen atoms in total. The second-order valence-corrected chi connectivity index (χ2v) is 5.19. The minimum absolute atomic E-state index is 0.315. The number of aromatic nitrogens is 2. The van der Waals surface area contributed by atoms with E-state index in [0.717, 1.165) is 21.5 Å². The molecule has 1 aromatic carbocycles. The minimum Gasteiger partial charge on any atom is -0.496 e. The summed E-state index contributed by atoms with van der Waals surface area (Å²) < 4.78 is 11.4. The zero-order valence-corrected chi connectivity index (χ0v) is 12.8. The number of rotatable bonds is 3. The Balaban J connectivity index is 2.14. The fourth-order valence-electron chi connectivity index (χ4n) is 2.07. The second kappa shape index (κ2) is 5.57. The normalized spacial score (nSPS) is 10.6. The second-order valence-electron chi connectivity index (χ2n) is 4.34. The van der Waals surface area contributed by atoms with Crippen molar-refractivity contribution in [1.82, 2.24) is 10.1 Å². The summed E-state index contributed by atoms with van der Waals surface area (Å²) in [6, 6.07) is 11.2. The van der Waals surface area contributed by atoms with Crippen LogP contribution in [0, 0.1) is 0 Å². The Bertz CT molecular complexity index is 772. The van der Waals surface area contributed by atoms with Crippen molar-refractivity contribution in [3.05, 3.63) is 47.1 Å². The molecule has 2 N–H and O–H groups in total. The van der Waals surface area contributed by atoms with Gasteiger partial charge in [-0.05, 0) is 46.3 Å². The molecule has 0 atom stereocenters. The van der Waals surface area contributed by atoms with Crippen LogP contribution in [0.3, 0.4) is 0 Å². The van der Waals surface area contributed by atoms with E-state index in [0.29, 0.717) is 17.1 Å². The lowest BCUT2D eigenvalue weighted by molar-refractivity contribution is 0.412. The molecule has 0 aliphatic heterocycles. The van der Waals surface area contributed by atoms with E-state index in [4.69, 9.17) is 15.0 Å².